The van der Waals surface area contributed by atoms with Gasteiger partial charge in [0.25, 0.3) is 0 Å². The fourth-order valence-corrected chi connectivity index (χ4v) is 5.20. The van der Waals surface area contributed by atoms with Gasteiger partial charge in [-0.2, -0.15) is 0 Å². The Balaban J connectivity index is 1.64. The normalized spacial score (nSPS) is 22.0. The van der Waals surface area contributed by atoms with Crippen LogP contribution in [-0.2, 0) is 4.79 Å². The highest BCUT2D eigenvalue weighted by atomic mass is 32.2. The number of Topliss-reactive ketones (excluding diaryl/α,β-unsaturated/α-hetero) is 1. The van der Waals surface area contributed by atoms with E-state index in [1.165, 1.54) is 0 Å². The van der Waals surface area contributed by atoms with Gasteiger partial charge in [-0.15, -0.1) is 11.3 Å². The molecule has 1 fully saturated rings. The van der Waals surface area contributed by atoms with E-state index in [2.05, 4.69) is 4.98 Å². The first-order valence-electron chi connectivity index (χ1n) is 8.52. The average Bonchev–Trinajstić information content (AvgIpc) is 3.24. The number of carbonyl (C=O) groups excluding carboxylic acids is 1. The van der Waals surface area contributed by atoms with Gasteiger partial charge in [0.05, 0.1) is 6.10 Å². The van der Waals surface area contributed by atoms with Gasteiger partial charge in [-0.3, -0.25) is 4.79 Å². The lowest BCUT2D eigenvalue weighted by Gasteiger charge is -2.19. The van der Waals surface area contributed by atoms with Crippen LogP contribution in [0.15, 0.2) is 40.2 Å². The number of hydrogen-bond donors (Lipinski definition) is 1. The van der Waals surface area contributed by atoms with Crippen LogP contribution >= 0.6 is 23.1 Å². The molecule has 3 rings (SSSR count). The second kappa shape index (κ2) is 8.28. The Morgan fingerprint density at radius 3 is 2.83 bits per heavy atom. The Kier molecular flexibility index (Phi) is 6.09. The smallest absolute Gasteiger partial charge is 0.149 e. The maximum Gasteiger partial charge on any atom is 0.149 e. The molecule has 0 amide bonds. The van der Waals surface area contributed by atoms with E-state index in [1.54, 1.807) is 23.1 Å². The monoisotopic (exact) mass is 361 g/mol. The summed E-state index contributed by atoms with van der Waals surface area (Å²) >= 11 is 3.46. The first-order chi connectivity index (χ1) is 11.7. The highest BCUT2D eigenvalue weighted by Crippen LogP contribution is 2.40. The number of carbonyl (C=O) groups is 1. The third kappa shape index (κ3) is 4.08. The van der Waals surface area contributed by atoms with E-state index in [9.17, 15) is 9.90 Å². The summed E-state index contributed by atoms with van der Waals surface area (Å²) < 4.78 is 1.11. The van der Waals surface area contributed by atoms with E-state index in [0.29, 0.717) is 24.5 Å². The van der Waals surface area contributed by atoms with Gasteiger partial charge in [-0.05, 0) is 36.3 Å². The molecule has 24 heavy (non-hydrogen) atoms. The molecule has 1 aromatic heterocycles. The molecule has 0 saturated heterocycles. The van der Waals surface area contributed by atoms with Crippen molar-refractivity contribution in [3.8, 4) is 0 Å². The molecule has 3 nitrogen and oxygen atoms in total. The summed E-state index contributed by atoms with van der Waals surface area (Å²) in [6.07, 6.45) is 4.85. The Hall–Kier alpha value is -1.17. The molecule has 128 valence electrons. The van der Waals surface area contributed by atoms with E-state index in [4.69, 9.17) is 0 Å². The molecule has 0 radical (unpaired) electrons. The number of ketones is 1. The van der Waals surface area contributed by atoms with Gasteiger partial charge in [0.1, 0.15) is 10.1 Å². The van der Waals surface area contributed by atoms with Crippen LogP contribution in [-0.4, -0.2) is 21.6 Å². The molecule has 2 aromatic rings. The lowest BCUT2D eigenvalue weighted by molar-refractivity contribution is -0.119. The number of hydrogen-bond acceptors (Lipinski definition) is 5. The minimum Gasteiger partial charge on any atom is -0.388 e. The zero-order chi connectivity index (χ0) is 16.9. The molecule has 3 unspecified atom stereocenters. The fourth-order valence-electron chi connectivity index (χ4n) is 3.42. The molecular weight excluding hydrogens is 338 g/mol. The molecule has 1 aromatic carbocycles. The van der Waals surface area contributed by atoms with Gasteiger partial charge in [-0.25, -0.2) is 4.98 Å². The number of nitrogens with zero attached hydrogens (tertiary/aromatic N) is 1. The second-order valence-electron chi connectivity index (χ2n) is 6.27. The highest BCUT2D eigenvalue weighted by molar-refractivity contribution is 8.00. The van der Waals surface area contributed by atoms with Crippen molar-refractivity contribution in [1.82, 2.24) is 4.98 Å². The Morgan fingerprint density at radius 2 is 2.17 bits per heavy atom. The number of aliphatic hydroxyl groups is 1. The van der Waals surface area contributed by atoms with E-state index in [-0.39, 0.29) is 5.92 Å². The maximum absolute atomic E-state index is 12.4. The van der Waals surface area contributed by atoms with Crippen molar-refractivity contribution < 1.29 is 9.90 Å². The topological polar surface area (TPSA) is 50.2 Å². The van der Waals surface area contributed by atoms with Crippen LogP contribution in [0.2, 0.25) is 0 Å². The van der Waals surface area contributed by atoms with Crippen molar-refractivity contribution >= 4 is 28.9 Å². The Morgan fingerprint density at radius 1 is 1.38 bits per heavy atom. The minimum atomic E-state index is -0.413. The van der Waals surface area contributed by atoms with E-state index in [0.717, 1.165) is 34.1 Å². The third-order valence-corrected chi connectivity index (χ3v) is 6.77. The molecule has 0 spiro atoms. The first kappa shape index (κ1) is 17.6. The summed E-state index contributed by atoms with van der Waals surface area (Å²) in [6, 6.07) is 8.00. The Bertz CT molecular complexity index is 655. The summed E-state index contributed by atoms with van der Waals surface area (Å²) in [5, 5.41) is 11.9. The van der Waals surface area contributed by atoms with Gasteiger partial charge in [-0.1, -0.05) is 43.0 Å². The molecule has 1 aliphatic rings. The van der Waals surface area contributed by atoms with Gasteiger partial charge >= 0.3 is 0 Å². The molecular formula is C19H23NO2S2. The summed E-state index contributed by atoms with van der Waals surface area (Å²) in [6.45, 7) is 1.97. The quantitative estimate of drug-likeness (QED) is 0.718. The molecule has 0 aliphatic heterocycles. The number of rotatable bonds is 7. The number of thiazole rings is 1. The molecule has 1 saturated carbocycles. The van der Waals surface area contributed by atoms with Crippen LogP contribution in [0.1, 0.15) is 55.8 Å². The summed E-state index contributed by atoms with van der Waals surface area (Å²) in [5.74, 6) is 1.82. The van der Waals surface area contributed by atoms with Crippen LogP contribution < -0.4 is 0 Å². The van der Waals surface area contributed by atoms with Crippen molar-refractivity contribution in [2.45, 2.75) is 49.0 Å². The van der Waals surface area contributed by atoms with Crippen LogP contribution in [0.3, 0.4) is 0 Å². The van der Waals surface area contributed by atoms with E-state index >= 15 is 0 Å². The van der Waals surface area contributed by atoms with Crippen molar-refractivity contribution in [1.29, 1.82) is 0 Å². The third-order valence-electron chi connectivity index (χ3n) is 4.77. The minimum absolute atomic E-state index is 0.0229. The highest BCUT2D eigenvalue weighted by Gasteiger charge is 2.35. The van der Waals surface area contributed by atoms with Gasteiger partial charge in [0, 0.05) is 29.7 Å². The fraction of sp³-hybridized carbons (Fsp3) is 0.474. The number of aliphatic hydroxyl groups excluding tert-OH is 1. The van der Waals surface area contributed by atoms with Crippen LogP contribution in [0.25, 0.3) is 0 Å². The average molecular weight is 362 g/mol. The Labute approximate surface area is 151 Å². The van der Waals surface area contributed by atoms with Crippen LogP contribution in [0.5, 0.6) is 0 Å². The molecule has 1 aliphatic carbocycles. The van der Waals surface area contributed by atoms with Gasteiger partial charge in [0.2, 0.25) is 0 Å². The lowest BCUT2D eigenvalue weighted by atomic mass is 9.86. The summed E-state index contributed by atoms with van der Waals surface area (Å²) in [5.41, 5.74) is 2.04. The van der Waals surface area contributed by atoms with Crippen LogP contribution in [0, 0.1) is 5.92 Å². The van der Waals surface area contributed by atoms with E-state index in [1.807, 2.05) is 42.8 Å². The van der Waals surface area contributed by atoms with Crippen molar-refractivity contribution in [3.05, 3.63) is 47.0 Å². The maximum atomic E-state index is 12.4. The second-order valence-corrected chi connectivity index (χ2v) is 8.51. The van der Waals surface area contributed by atoms with Crippen molar-refractivity contribution in [2.75, 3.05) is 5.75 Å². The van der Waals surface area contributed by atoms with Gasteiger partial charge in [0.15, 0.2) is 0 Å². The molecule has 5 heteroatoms. The summed E-state index contributed by atoms with van der Waals surface area (Å²) in [7, 11) is 0. The predicted molar refractivity (Wildman–Crippen MR) is 99.6 cm³/mol. The van der Waals surface area contributed by atoms with E-state index < -0.39 is 6.10 Å². The summed E-state index contributed by atoms with van der Waals surface area (Å²) in [4.78, 5) is 16.7. The zero-order valence-corrected chi connectivity index (χ0v) is 15.5. The largest absolute Gasteiger partial charge is 0.388 e. The number of benzene rings is 1. The number of thioether (sulfide) groups is 1. The molecule has 0 bridgehead atoms. The standard InChI is InChI=1S/C19H23NO2S2/c1-2-16(21)13-3-5-14(6-4-13)18-15(7-8-17(18)22)9-11-23-19-20-10-12-24-19/h3-6,10,12,15-16,18,21H,2,7-9,11H2,1H3. The molecule has 1 N–H and O–H groups in total. The first-order valence-corrected chi connectivity index (χ1v) is 10.4. The van der Waals surface area contributed by atoms with Crippen molar-refractivity contribution in [3.63, 3.8) is 0 Å². The zero-order valence-electron chi connectivity index (χ0n) is 13.9. The lowest BCUT2D eigenvalue weighted by Crippen LogP contribution is -2.13. The molecule has 1 heterocycles. The van der Waals surface area contributed by atoms with Gasteiger partial charge < -0.3 is 5.11 Å². The van der Waals surface area contributed by atoms with Crippen LogP contribution in [0.4, 0.5) is 0 Å². The number of aromatic nitrogens is 1. The predicted octanol–water partition coefficient (Wildman–Crippen LogP) is 4.83. The van der Waals surface area contributed by atoms with Crippen molar-refractivity contribution in [2.24, 2.45) is 5.92 Å². The SMILES string of the molecule is CCC(O)c1ccc(C2C(=O)CCC2CCSc2nccs2)cc1. The molecule has 3 atom stereocenters.